The monoisotopic (exact) mass is 489 g/mol. The minimum atomic E-state index is 0.374. The fourth-order valence-corrected chi connectivity index (χ4v) is 5.04. The van der Waals surface area contributed by atoms with Crippen molar-refractivity contribution in [3.05, 3.63) is 30.6 Å². The molecule has 1 aliphatic heterocycles. The van der Waals surface area contributed by atoms with Gasteiger partial charge in [-0.1, -0.05) is 19.3 Å². The van der Waals surface area contributed by atoms with Gasteiger partial charge in [0.1, 0.15) is 17.3 Å². The molecule has 4 heterocycles. The molecule has 2 aliphatic rings. The Bertz CT molecular complexity index is 1310. The van der Waals surface area contributed by atoms with Gasteiger partial charge in [-0.2, -0.15) is 20.2 Å². The number of rotatable bonds is 7. The Morgan fingerprint density at radius 1 is 1.11 bits per heavy atom. The van der Waals surface area contributed by atoms with Crippen molar-refractivity contribution in [1.29, 1.82) is 0 Å². The van der Waals surface area contributed by atoms with Gasteiger partial charge in [0, 0.05) is 42.6 Å². The van der Waals surface area contributed by atoms with Gasteiger partial charge in [-0.15, -0.1) is 0 Å². The Labute approximate surface area is 209 Å². The topological polar surface area (TPSA) is 129 Å². The summed E-state index contributed by atoms with van der Waals surface area (Å²) in [5.41, 5.74) is 4.22. The van der Waals surface area contributed by atoms with Crippen LogP contribution in [0.25, 0.3) is 22.3 Å². The number of anilines is 4. The molecule has 0 spiro atoms. The van der Waals surface area contributed by atoms with Gasteiger partial charge in [0.2, 0.25) is 5.95 Å². The van der Waals surface area contributed by atoms with E-state index in [9.17, 15) is 0 Å². The molecule has 0 unspecified atom stereocenters. The van der Waals surface area contributed by atoms with E-state index in [1.165, 1.54) is 19.3 Å². The average molecular weight is 490 g/mol. The number of ether oxygens (including phenoxy) is 2. The number of methoxy groups -OCH3 is 1. The lowest BCUT2D eigenvalue weighted by Crippen LogP contribution is -2.36. The summed E-state index contributed by atoms with van der Waals surface area (Å²) >= 11 is 0. The van der Waals surface area contributed by atoms with Crippen molar-refractivity contribution < 1.29 is 9.47 Å². The number of H-pyrrole nitrogens is 2. The molecule has 4 aromatic rings. The summed E-state index contributed by atoms with van der Waals surface area (Å²) in [6, 6.07) is 6.51. The van der Waals surface area contributed by atoms with Gasteiger partial charge in [0.25, 0.3) is 0 Å². The molecule has 36 heavy (non-hydrogen) atoms. The van der Waals surface area contributed by atoms with Crippen LogP contribution in [-0.4, -0.2) is 69.8 Å². The number of nitrogens with one attached hydrogen (secondary N) is 4. The minimum absolute atomic E-state index is 0.374. The highest BCUT2D eigenvalue weighted by atomic mass is 16.5. The van der Waals surface area contributed by atoms with Crippen molar-refractivity contribution in [1.82, 2.24) is 30.4 Å². The fourth-order valence-electron chi connectivity index (χ4n) is 5.04. The Balaban J connectivity index is 1.34. The van der Waals surface area contributed by atoms with Gasteiger partial charge in [-0.3, -0.25) is 10.2 Å². The van der Waals surface area contributed by atoms with E-state index in [0.717, 1.165) is 78.7 Å². The van der Waals surface area contributed by atoms with Gasteiger partial charge < -0.3 is 25.0 Å². The molecular weight excluding hydrogens is 458 g/mol. The third-order valence-corrected chi connectivity index (χ3v) is 6.94. The summed E-state index contributed by atoms with van der Waals surface area (Å²) in [5, 5.41) is 22.5. The number of fused-ring (bicyclic) bond motifs is 1. The van der Waals surface area contributed by atoms with E-state index >= 15 is 0 Å². The summed E-state index contributed by atoms with van der Waals surface area (Å²) in [6.07, 6.45) is 9.58. The van der Waals surface area contributed by atoms with Crippen LogP contribution in [-0.2, 0) is 4.74 Å². The maximum atomic E-state index is 5.72. The molecule has 0 atom stereocenters. The van der Waals surface area contributed by atoms with Crippen LogP contribution in [0, 0.1) is 0 Å². The van der Waals surface area contributed by atoms with Crippen LogP contribution >= 0.6 is 0 Å². The number of aromatic nitrogens is 6. The number of aromatic amines is 2. The second-order valence-electron chi connectivity index (χ2n) is 9.27. The van der Waals surface area contributed by atoms with Crippen molar-refractivity contribution in [2.24, 2.45) is 0 Å². The van der Waals surface area contributed by atoms with Crippen LogP contribution in [0.3, 0.4) is 0 Å². The zero-order valence-corrected chi connectivity index (χ0v) is 20.4. The number of nitrogens with zero attached hydrogens (tertiary/aromatic N) is 5. The van der Waals surface area contributed by atoms with Gasteiger partial charge in [-0.25, -0.2) is 0 Å². The molecule has 0 radical (unpaired) electrons. The minimum Gasteiger partial charge on any atom is -0.494 e. The molecule has 3 aromatic heterocycles. The summed E-state index contributed by atoms with van der Waals surface area (Å²) < 4.78 is 11.2. The maximum Gasteiger partial charge on any atom is 0.231 e. The van der Waals surface area contributed by atoms with Crippen LogP contribution < -0.4 is 20.3 Å². The van der Waals surface area contributed by atoms with Crippen molar-refractivity contribution >= 4 is 34.2 Å². The molecular formula is C25H31N9O2. The first-order chi connectivity index (χ1) is 17.8. The van der Waals surface area contributed by atoms with E-state index < -0.39 is 0 Å². The Morgan fingerprint density at radius 3 is 2.75 bits per heavy atom. The molecule has 4 N–H and O–H groups in total. The second-order valence-corrected chi connectivity index (χ2v) is 9.27. The van der Waals surface area contributed by atoms with Crippen molar-refractivity contribution in [3.63, 3.8) is 0 Å². The number of morpholine rings is 1. The van der Waals surface area contributed by atoms with Gasteiger partial charge in [0.15, 0.2) is 5.65 Å². The molecule has 1 aliphatic carbocycles. The predicted molar refractivity (Wildman–Crippen MR) is 139 cm³/mol. The summed E-state index contributed by atoms with van der Waals surface area (Å²) in [4.78, 5) is 12.0. The number of hydrogen-bond acceptors (Lipinski definition) is 9. The van der Waals surface area contributed by atoms with Gasteiger partial charge in [-0.05, 0) is 25.0 Å². The lowest BCUT2D eigenvalue weighted by molar-refractivity contribution is 0.122. The smallest absolute Gasteiger partial charge is 0.231 e. The van der Waals surface area contributed by atoms with Crippen molar-refractivity contribution in [3.8, 4) is 17.0 Å². The number of benzene rings is 1. The molecule has 2 fully saturated rings. The first-order valence-corrected chi connectivity index (χ1v) is 12.6. The van der Waals surface area contributed by atoms with Crippen molar-refractivity contribution in [2.45, 2.75) is 38.1 Å². The van der Waals surface area contributed by atoms with Crippen LogP contribution in [0.1, 0.15) is 32.1 Å². The maximum absolute atomic E-state index is 5.72. The Hall–Kier alpha value is -3.86. The van der Waals surface area contributed by atoms with Gasteiger partial charge >= 0.3 is 0 Å². The van der Waals surface area contributed by atoms with E-state index in [0.29, 0.717) is 17.6 Å². The quantitative estimate of drug-likeness (QED) is 0.303. The summed E-state index contributed by atoms with van der Waals surface area (Å²) in [6.45, 7) is 3.20. The highest BCUT2D eigenvalue weighted by Gasteiger charge is 2.22. The Morgan fingerprint density at radius 2 is 1.97 bits per heavy atom. The summed E-state index contributed by atoms with van der Waals surface area (Å²) in [5.74, 6) is 1.97. The van der Waals surface area contributed by atoms with Gasteiger partial charge in [0.05, 0.1) is 37.6 Å². The Kier molecular flexibility index (Phi) is 6.29. The molecule has 0 bridgehead atoms. The van der Waals surface area contributed by atoms with Crippen LogP contribution in [0.15, 0.2) is 30.6 Å². The fraction of sp³-hybridized carbons (Fsp3) is 0.440. The van der Waals surface area contributed by atoms with E-state index in [-0.39, 0.29) is 0 Å². The van der Waals surface area contributed by atoms with E-state index in [1.54, 1.807) is 13.3 Å². The normalized spacial score (nSPS) is 16.9. The molecule has 6 rings (SSSR count). The van der Waals surface area contributed by atoms with E-state index in [4.69, 9.17) is 19.4 Å². The largest absolute Gasteiger partial charge is 0.494 e. The molecule has 1 aromatic carbocycles. The third kappa shape index (κ3) is 4.53. The first kappa shape index (κ1) is 22.6. The highest BCUT2D eigenvalue weighted by molar-refractivity contribution is 5.99. The predicted octanol–water partition coefficient (Wildman–Crippen LogP) is 4.08. The SMILES string of the molecule is COc1cc(N2CCOCC2)ccc1Nc1nc(NC2CCCCC2)c2c(-c3cn[nH]c3)n[nH]c2n1. The van der Waals surface area contributed by atoms with E-state index in [2.05, 4.69) is 42.0 Å². The standard InChI is InChI=1S/C25H31N9O2/c1-35-20-13-18(34-9-11-36-12-10-34)7-8-19(20)29-25-30-23(28-17-5-3-2-4-6-17)21-22(16-14-26-27-15-16)32-33-24(21)31-25/h7-8,13-15,17H,2-6,9-12H2,1H3,(H,26,27)(H3,28,29,30,31,32,33). The molecule has 11 nitrogen and oxygen atoms in total. The second kappa shape index (κ2) is 10.0. The van der Waals surface area contributed by atoms with E-state index in [1.807, 2.05) is 18.3 Å². The molecule has 11 heteroatoms. The summed E-state index contributed by atoms with van der Waals surface area (Å²) in [7, 11) is 1.68. The van der Waals surface area contributed by atoms with Crippen molar-refractivity contribution in [2.75, 3.05) is 48.9 Å². The molecule has 0 amide bonds. The average Bonchev–Trinajstić information content (AvgIpc) is 3.60. The zero-order chi connectivity index (χ0) is 24.3. The van der Waals surface area contributed by atoms with Crippen LogP contribution in [0.4, 0.5) is 23.1 Å². The van der Waals surface area contributed by atoms with Crippen LogP contribution in [0.5, 0.6) is 5.75 Å². The lowest BCUT2D eigenvalue weighted by Gasteiger charge is -2.29. The highest BCUT2D eigenvalue weighted by Crippen LogP contribution is 2.35. The third-order valence-electron chi connectivity index (χ3n) is 6.94. The van der Waals surface area contributed by atoms with Crippen LogP contribution in [0.2, 0.25) is 0 Å². The molecule has 1 saturated heterocycles. The molecule has 188 valence electrons. The lowest BCUT2D eigenvalue weighted by atomic mass is 9.95. The zero-order valence-electron chi connectivity index (χ0n) is 20.4. The number of hydrogen-bond donors (Lipinski definition) is 4. The molecule has 1 saturated carbocycles. The first-order valence-electron chi connectivity index (χ1n) is 12.6.